The maximum atomic E-state index is 12.1. The third-order valence-electron chi connectivity index (χ3n) is 2.77. The van der Waals surface area contributed by atoms with Crippen molar-refractivity contribution in [2.75, 3.05) is 7.05 Å². The Balaban J connectivity index is 2.16. The van der Waals surface area contributed by atoms with Crippen LogP contribution in [0.1, 0.15) is 27.4 Å². The number of carbonyl (C=O) groups excluding carboxylic acids is 1. The Kier molecular flexibility index (Phi) is 3.43. The summed E-state index contributed by atoms with van der Waals surface area (Å²) in [6.45, 7) is 4.08. The molecule has 1 amide bonds. The lowest BCUT2D eigenvalue weighted by Gasteiger charge is -2.16. The van der Waals surface area contributed by atoms with Crippen molar-refractivity contribution in [1.82, 2.24) is 10.1 Å². The molecule has 0 bridgehead atoms. The molecule has 0 radical (unpaired) electrons. The zero-order chi connectivity index (χ0) is 13.3. The smallest absolute Gasteiger partial charge is 0.258 e. The summed E-state index contributed by atoms with van der Waals surface area (Å²) in [5.41, 5.74) is 2.04. The van der Waals surface area contributed by atoms with Gasteiger partial charge in [-0.05, 0) is 31.5 Å². The van der Waals surface area contributed by atoms with E-state index in [0.29, 0.717) is 17.9 Å². The molecule has 2 aromatic rings. The van der Waals surface area contributed by atoms with Crippen molar-refractivity contribution in [2.24, 2.45) is 0 Å². The molecule has 6 heteroatoms. The molecule has 0 aliphatic rings. The van der Waals surface area contributed by atoms with Crippen molar-refractivity contribution in [3.63, 3.8) is 0 Å². The minimum atomic E-state index is -0.200. The molecule has 0 aromatic carbocycles. The van der Waals surface area contributed by atoms with E-state index < -0.39 is 0 Å². The van der Waals surface area contributed by atoms with E-state index in [4.69, 9.17) is 20.5 Å². The van der Waals surface area contributed by atoms with Gasteiger partial charge in [-0.3, -0.25) is 4.79 Å². The minimum absolute atomic E-state index is 0.102. The fourth-order valence-electron chi connectivity index (χ4n) is 1.69. The molecule has 5 nitrogen and oxygen atoms in total. The summed E-state index contributed by atoms with van der Waals surface area (Å²) in [6, 6.07) is 1.55. The first kappa shape index (κ1) is 12.7. The summed E-state index contributed by atoms with van der Waals surface area (Å²) in [4.78, 5) is 13.7. The Bertz CT molecular complexity index is 554. The van der Waals surface area contributed by atoms with Crippen LogP contribution in [0.4, 0.5) is 0 Å². The molecule has 0 atom stereocenters. The van der Waals surface area contributed by atoms with Gasteiger partial charge >= 0.3 is 0 Å². The first-order valence-corrected chi connectivity index (χ1v) is 5.78. The van der Waals surface area contributed by atoms with Crippen LogP contribution in [0.5, 0.6) is 0 Å². The highest BCUT2D eigenvalue weighted by atomic mass is 35.5. The lowest BCUT2D eigenvalue weighted by molar-refractivity contribution is 0.0784. The highest BCUT2D eigenvalue weighted by Gasteiger charge is 2.20. The van der Waals surface area contributed by atoms with Crippen molar-refractivity contribution >= 4 is 17.5 Å². The molecule has 96 valence electrons. The maximum Gasteiger partial charge on any atom is 0.258 e. The molecular formula is C12H13ClN2O3. The lowest BCUT2D eigenvalue weighted by atomic mass is 10.2. The summed E-state index contributed by atoms with van der Waals surface area (Å²) >= 11 is 5.78. The van der Waals surface area contributed by atoms with Gasteiger partial charge in [0.25, 0.3) is 5.91 Å². The lowest BCUT2D eigenvalue weighted by Crippen LogP contribution is -2.26. The number of nitrogens with zero attached hydrogens (tertiary/aromatic N) is 2. The van der Waals surface area contributed by atoms with Crippen LogP contribution in [0.2, 0.25) is 5.22 Å². The second-order valence-electron chi connectivity index (χ2n) is 4.07. The molecule has 0 aliphatic heterocycles. The quantitative estimate of drug-likeness (QED) is 0.859. The first-order chi connectivity index (χ1) is 8.50. The fraction of sp³-hybridized carbons (Fsp3) is 0.333. The van der Waals surface area contributed by atoms with E-state index in [9.17, 15) is 4.79 Å². The van der Waals surface area contributed by atoms with Crippen molar-refractivity contribution in [3.05, 3.63) is 40.1 Å². The van der Waals surface area contributed by atoms with Gasteiger partial charge in [-0.15, -0.1) is 0 Å². The number of carbonyl (C=O) groups is 1. The van der Waals surface area contributed by atoms with Crippen LogP contribution in [-0.4, -0.2) is 23.0 Å². The van der Waals surface area contributed by atoms with Gasteiger partial charge in [0, 0.05) is 12.6 Å². The summed E-state index contributed by atoms with van der Waals surface area (Å²) in [6.07, 6.45) is 1.39. The predicted molar refractivity (Wildman–Crippen MR) is 65.5 cm³/mol. The van der Waals surface area contributed by atoms with Gasteiger partial charge in [0.15, 0.2) is 0 Å². The molecular weight excluding hydrogens is 256 g/mol. The minimum Gasteiger partial charge on any atom is -0.452 e. The van der Waals surface area contributed by atoms with Gasteiger partial charge < -0.3 is 13.8 Å². The van der Waals surface area contributed by atoms with Crippen LogP contribution in [-0.2, 0) is 6.54 Å². The molecule has 0 saturated carbocycles. The standard InChI is InChI=1S/C12H13ClN2O3/c1-7-10(8(2)18-14-7)6-15(3)12(16)9-4-5-17-11(9)13/h4-5H,6H2,1-3H3. The third-order valence-corrected chi connectivity index (χ3v) is 3.06. The molecule has 0 aliphatic carbocycles. The zero-order valence-corrected chi connectivity index (χ0v) is 11.1. The predicted octanol–water partition coefficient (Wildman–Crippen LogP) is 2.81. The molecule has 0 unspecified atom stereocenters. The van der Waals surface area contributed by atoms with E-state index in [1.54, 1.807) is 18.0 Å². The van der Waals surface area contributed by atoms with Gasteiger partial charge in [0.1, 0.15) is 5.76 Å². The largest absolute Gasteiger partial charge is 0.452 e. The number of rotatable bonds is 3. The molecule has 2 rings (SSSR count). The van der Waals surface area contributed by atoms with Crippen LogP contribution >= 0.6 is 11.6 Å². The normalized spacial score (nSPS) is 10.7. The van der Waals surface area contributed by atoms with Gasteiger partial charge in [0.05, 0.1) is 24.1 Å². The van der Waals surface area contributed by atoms with E-state index in [-0.39, 0.29) is 11.1 Å². The van der Waals surface area contributed by atoms with E-state index in [1.807, 2.05) is 13.8 Å². The summed E-state index contributed by atoms with van der Waals surface area (Å²) in [5, 5.41) is 3.95. The molecule has 0 N–H and O–H groups in total. The number of hydrogen-bond acceptors (Lipinski definition) is 4. The molecule has 2 heterocycles. The molecule has 0 saturated heterocycles. The fourth-order valence-corrected chi connectivity index (χ4v) is 1.88. The molecule has 2 aromatic heterocycles. The van der Waals surface area contributed by atoms with Crippen LogP contribution < -0.4 is 0 Å². The SMILES string of the molecule is Cc1noc(C)c1CN(C)C(=O)c1ccoc1Cl. The van der Waals surface area contributed by atoms with Gasteiger partial charge in [-0.25, -0.2) is 0 Å². The molecule has 0 fully saturated rings. The average molecular weight is 269 g/mol. The monoisotopic (exact) mass is 268 g/mol. The second kappa shape index (κ2) is 4.86. The van der Waals surface area contributed by atoms with Crippen molar-refractivity contribution in [3.8, 4) is 0 Å². The van der Waals surface area contributed by atoms with E-state index in [2.05, 4.69) is 5.16 Å². The van der Waals surface area contributed by atoms with Crippen molar-refractivity contribution < 1.29 is 13.7 Å². The molecule has 18 heavy (non-hydrogen) atoms. The zero-order valence-electron chi connectivity index (χ0n) is 10.4. The van der Waals surface area contributed by atoms with Crippen molar-refractivity contribution in [1.29, 1.82) is 0 Å². The van der Waals surface area contributed by atoms with Crippen molar-refractivity contribution in [2.45, 2.75) is 20.4 Å². The molecule has 0 spiro atoms. The maximum absolute atomic E-state index is 12.1. The number of amides is 1. The summed E-state index contributed by atoms with van der Waals surface area (Å²) < 4.78 is 9.96. The van der Waals surface area contributed by atoms with Crippen LogP contribution in [0.3, 0.4) is 0 Å². The second-order valence-corrected chi connectivity index (χ2v) is 4.42. The van der Waals surface area contributed by atoms with Gasteiger partial charge in [-0.2, -0.15) is 0 Å². The highest BCUT2D eigenvalue weighted by molar-refractivity contribution is 6.32. The van der Waals surface area contributed by atoms with Gasteiger partial charge in [-0.1, -0.05) is 5.16 Å². The topological polar surface area (TPSA) is 59.5 Å². The van der Waals surface area contributed by atoms with Gasteiger partial charge in [0.2, 0.25) is 5.22 Å². The van der Waals surface area contributed by atoms with E-state index in [0.717, 1.165) is 11.3 Å². The van der Waals surface area contributed by atoms with E-state index >= 15 is 0 Å². The summed E-state index contributed by atoms with van der Waals surface area (Å²) in [7, 11) is 1.69. The van der Waals surface area contributed by atoms with E-state index in [1.165, 1.54) is 6.26 Å². The number of furan rings is 1. The van der Waals surface area contributed by atoms with Crippen LogP contribution in [0.25, 0.3) is 0 Å². The first-order valence-electron chi connectivity index (χ1n) is 5.41. The van der Waals surface area contributed by atoms with Crippen LogP contribution in [0.15, 0.2) is 21.3 Å². The number of hydrogen-bond donors (Lipinski definition) is 0. The van der Waals surface area contributed by atoms with Crippen LogP contribution in [0, 0.1) is 13.8 Å². The Morgan fingerprint density at radius 1 is 1.50 bits per heavy atom. The Morgan fingerprint density at radius 3 is 2.72 bits per heavy atom. The number of aromatic nitrogens is 1. The Morgan fingerprint density at radius 2 is 2.22 bits per heavy atom. The third kappa shape index (κ3) is 2.26. The summed E-state index contributed by atoms with van der Waals surface area (Å²) in [5.74, 6) is 0.513. The number of aryl methyl sites for hydroxylation is 2. The number of halogens is 1. The Hall–Kier alpha value is -1.75. The average Bonchev–Trinajstić information content (AvgIpc) is 2.88. The Labute approximate surface area is 109 Å². The highest BCUT2D eigenvalue weighted by Crippen LogP contribution is 2.20.